The Labute approximate surface area is 128 Å². The van der Waals surface area contributed by atoms with E-state index in [-0.39, 0.29) is 18.8 Å². The Hall–Kier alpha value is -1.14. The molecule has 1 unspecified atom stereocenters. The van der Waals surface area contributed by atoms with Gasteiger partial charge in [0.05, 0.1) is 10.9 Å². The first-order chi connectivity index (χ1) is 9.88. The molecule has 2 rings (SSSR count). The van der Waals surface area contributed by atoms with Crippen LogP contribution in [0.4, 0.5) is 13.2 Å². The first kappa shape index (κ1) is 16.2. The molecule has 1 aliphatic rings. The van der Waals surface area contributed by atoms with Gasteiger partial charge in [-0.2, -0.15) is 13.2 Å². The van der Waals surface area contributed by atoms with Crippen molar-refractivity contribution in [3.05, 3.63) is 35.9 Å². The van der Waals surface area contributed by atoms with Crippen LogP contribution in [0.25, 0.3) is 0 Å². The summed E-state index contributed by atoms with van der Waals surface area (Å²) in [7, 11) is 0. The Balaban J connectivity index is 1.96. The predicted octanol–water partition coefficient (Wildman–Crippen LogP) is 3.33. The van der Waals surface area contributed by atoms with Gasteiger partial charge >= 0.3 is 6.18 Å². The van der Waals surface area contributed by atoms with Gasteiger partial charge in [0.15, 0.2) is 0 Å². The van der Waals surface area contributed by atoms with Crippen molar-refractivity contribution in [2.75, 3.05) is 19.6 Å². The van der Waals surface area contributed by atoms with E-state index in [1.165, 1.54) is 0 Å². The first-order valence-electron chi connectivity index (χ1n) is 7.01. The molecule has 1 saturated heterocycles. The zero-order chi connectivity index (χ0) is 15.5. The van der Waals surface area contributed by atoms with Gasteiger partial charge in [0, 0.05) is 12.5 Å². The Morgan fingerprint density at radius 3 is 2.29 bits per heavy atom. The summed E-state index contributed by atoms with van der Waals surface area (Å²) >= 11 is 5.12. The van der Waals surface area contributed by atoms with Crippen LogP contribution < -0.4 is 5.73 Å². The maximum atomic E-state index is 12.7. The monoisotopic (exact) mass is 316 g/mol. The summed E-state index contributed by atoms with van der Waals surface area (Å²) in [4.78, 5) is 2.41. The van der Waals surface area contributed by atoms with Crippen LogP contribution in [-0.2, 0) is 0 Å². The topological polar surface area (TPSA) is 29.3 Å². The first-order valence-corrected chi connectivity index (χ1v) is 7.42. The lowest BCUT2D eigenvalue weighted by Gasteiger charge is -2.34. The number of thiocarbonyl (C=S) groups is 1. The van der Waals surface area contributed by atoms with Crippen LogP contribution in [0.1, 0.15) is 24.3 Å². The Morgan fingerprint density at radius 2 is 1.81 bits per heavy atom. The summed E-state index contributed by atoms with van der Waals surface area (Å²) < 4.78 is 38.0. The molecule has 1 atom stereocenters. The van der Waals surface area contributed by atoms with E-state index < -0.39 is 12.1 Å². The highest BCUT2D eigenvalue weighted by molar-refractivity contribution is 7.80. The van der Waals surface area contributed by atoms with Gasteiger partial charge in [-0.1, -0.05) is 42.5 Å². The average molecular weight is 316 g/mol. The Kier molecular flexibility index (Phi) is 5.22. The quantitative estimate of drug-likeness (QED) is 0.864. The summed E-state index contributed by atoms with van der Waals surface area (Å²) in [5.74, 6) is -1.28. The lowest BCUT2D eigenvalue weighted by Crippen LogP contribution is -2.42. The highest BCUT2D eigenvalue weighted by Gasteiger charge is 2.41. The minimum Gasteiger partial charge on any atom is -0.393 e. The minimum absolute atomic E-state index is 0.108. The zero-order valence-corrected chi connectivity index (χ0v) is 12.5. The van der Waals surface area contributed by atoms with Crippen LogP contribution in [0.2, 0.25) is 0 Å². The van der Waals surface area contributed by atoms with E-state index in [1.807, 2.05) is 35.2 Å². The van der Waals surface area contributed by atoms with Crippen LogP contribution in [-0.4, -0.2) is 35.7 Å². The van der Waals surface area contributed by atoms with Crippen LogP contribution in [0.15, 0.2) is 30.3 Å². The van der Waals surface area contributed by atoms with Gasteiger partial charge in [-0.3, -0.25) is 0 Å². The van der Waals surface area contributed by atoms with Crippen molar-refractivity contribution in [1.29, 1.82) is 0 Å². The van der Waals surface area contributed by atoms with Gasteiger partial charge in [0.25, 0.3) is 0 Å². The summed E-state index contributed by atoms with van der Waals surface area (Å²) in [6, 6.07) is 9.64. The van der Waals surface area contributed by atoms with Gasteiger partial charge in [0.2, 0.25) is 0 Å². The van der Waals surface area contributed by atoms with E-state index in [1.54, 1.807) is 0 Å². The number of rotatable bonds is 4. The lowest BCUT2D eigenvalue weighted by molar-refractivity contribution is -0.185. The third-order valence-electron chi connectivity index (χ3n) is 4.04. The highest BCUT2D eigenvalue weighted by Crippen LogP contribution is 2.34. The number of hydrogen-bond acceptors (Lipinski definition) is 2. The van der Waals surface area contributed by atoms with Gasteiger partial charge in [-0.15, -0.1) is 0 Å². The molecule has 2 N–H and O–H groups in total. The Morgan fingerprint density at radius 1 is 1.24 bits per heavy atom. The van der Waals surface area contributed by atoms with Crippen molar-refractivity contribution in [3.8, 4) is 0 Å². The van der Waals surface area contributed by atoms with Gasteiger partial charge in [-0.25, -0.2) is 0 Å². The van der Waals surface area contributed by atoms with Crippen molar-refractivity contribution in [2.24, 2.45) is 11.7 Å². The maximum Gasteiger partial charge on any atom is 0.391 e. The van der Waals surface area contributed by atoms with Crippen molar-refractivity contribution in [3.63, 3.8) is 0 Å². The van der Waals surface area contributed by atoms with E-state index in [2.05, 4.69) is 0 Å². The van der Waals surface area contributed by atoms with Crippen LogP contribution in [0.3, 0.4) is 0 Å². The second-order valence-corrected chi connectivity index (χ2v) is 5.95. The molecule has 1 aromatic carbocycles. The van der Waals surface area contributed by atoms with Crippen LogP contribution >= 0.6 is 12.2 Å². The molecule has 1 aliphatic heterocycles. The number of nitrogens with two attached hydrogens (primary N) is 1. The molecule has 6 heteroatoms. The fourth-order valence-electron chi connectivity index (χ4n) is 2.75. The summed E-state index contributed by atoms with van der Waals surface area (Å²) in [6.07, 6.45) is -3.77. The van der Waals surface area contributed by atoms with Crippen LogP contribution in [0, 0.1) is 5.92 Å². The van der Waals surface area contributed by atoms with Crippen LogP contribution in [0.5, 0.6) is 0 Å². The standard InChI is InChI=1S/C15H19F3N2S/c16-15(17,18)12-6-8-20(9-7-12)10-13(14(19)21)11-4-2-1-3-5-11/h1-5,12-13H,6-10H2,(H2,19,21). The largest absolute Gasteiger partial charge is 0.393 e. The predicted molar refractivity (Wildman–Crippen MR) is 81.2 cm³/mol. The number of halogens is 3. The molecule has 0 spiro atoms. The smallest absolute Gasteiger partial charge is 0.391 e. The van der Waals surface area contributed by atoms with Gasteiger partial charge < -0.3 is 10.6 Å². The number of hydrogen-bond donors (Lipinski definition) is 1. The number of nitrogens with zero attached hydrogens (tertiary/aromatic N) is 1. The molecule has 2 nitrogen and oxygen atoms in total. The van der Waals surface area contributed by atoms with E-state index in [4.69, 9.17) is 18.0 Å². The normalized spacial score (nSPS) is 19.4. The molecular formula is C15H19F3N2S. The van der Waals surface area contributed by atoms with Crippen molar-refractivity contribution in [1.82, 2.24) is 4.90 Å². The molecule has 0 saturated carbocycles. The molecule has 0 amide bonds. The van der Waals surface area contributed by atoms with Gasteiger partial charge in [0.1, 0.15) is 0 Å². The minimum atomic E-state index is -4.08. The number of piperidine rings is 1. The second kappa shape index (κ2) is 6.75. The van der Waals surface area contributed by atoms with E-state index in [0.29, 0.717) is 24.6 Å². The Bertz CT molecular complexity index is 468. The number of benzene rings is 1. The molecule has 0 bridgehead atoms. The SMILES string of the molecule is NC(=S)C(CN1CCC(C(F)(F)F)CC1)c1ccccc1. The fourth-order valence-corrected chi connectivity index (χ4v) is 2.96. The average Bonchev–Trinajstić information content (AvgIpc) is 2.45. The second-order valence-electron chi connectivity index (χ2n) is 5.48. The molecule has 1 aromatic rings. The molecule has 0 radical (unpaired) electrons. The molecule has 0 aliphatic carbocycles. The molecule has 1 fully saturated rings. The maximum absolute atomic E-state index is 12.7. The van der Waals surface area contributed by atoms with Crippen molar-refractivity contribution in [2.45, 2.75) is 24.9 Å². The van der Waals surface area contributed by atoms with Crippen molar-refractivity contribution < 1.29 is 13.2 Å². The molecule has 21 heavy (non-hydrogen) atoms. The third kappa shape index (κ3) is 4.41. The van der Waals surface area contributed by atoms with E-state index in [9.17, 15) is 13.2 Å². The van der Waals surface area contributed by atoms with Crippen molar-refractivity contribution >= 4 is 17.2 Å². The molecule has 116 valence electrons. The highest BCUT2D eigenvalue weighted by atomic mass is 32.1. The number of likely N-dealkylation sites (tertiary alicyclic amines) is 1. The summed E-state index contributed by atoms with van der Waals surface area (Å²) in [5.41, 5.74) is 6.82. The summed E-state index contributed by atoms with van der Waals surface area (Å²) in [6.45, 7) is 1.47. The molecular weight excluding hydrogens is 297 g/mol. The van der Waals surface area contributed by atoms with Gasteiger partial charge in [-0.05, 0) is 31.5 Å². The molecule has 0 aromatic heterocycles. The fraction of sp³-hybridized carbons (Fsp3) is 0.533. The number of alkyl halides is 3. The summed E-state index contributed by atoms with van der Waals surface area (Å²) in [5, 5.41) is 0. The van der Waals surface area contributed by atoms with E-state index >= 15 is 0 Å². The zero-order valence-electron chi connectivity index (χ0n) is 11.6. The third-order valence-corrected chi connectivity index (χ3v) is 4.32. The molecule has 1 heterocycles. The van der Waals surface area contributed by atoms with E-state index in [0.717, 1.165) is 5.56 Å². The lowest BCUT2D eigenvalue weighted by atomic mass is 9.93.